The van der Waals surface area contributed by atoms with Crippen molar-refractivity contribution < 1.29 is 14.3 Å². The number of hydrogen-bond acceptors (Lipinski definition) is 6. The van der Waals surface area contributed by atoms with Crippen LogP contribution in [0, 0.1) is 6.92 Å². The lowest BCUT2D eigenvalue weighted by Crippen LogP contribution is -2.51. The van der Waals surface area contributed by atoms with Crippen molar-refractivity contribution in [3.05, 3.63) is 53.7 Å². The molecule has 0 N–H and O–H groups in total. The van der Waals surface area contributed by atoms with Crippen molar-refractivity contribution >= 4 is 22.6 Å². The van der Waals surface area contributed by atoms with Crippen molar-refractivity contribution in [3.63, 3.8) is 0 Å². The Morgan fingerprint density at radius 1 is 1.07 bits per heavy atom. The molecule has 0 radical (unpaired) electrons. The fraction of sp³-hybridized carbons (Fsp3) is 0.348. The lowest BCUT2D eigenvalue weighted by molar-refractivity contribution is 0.0229. The van der Waals surface area contributed by atoms with Gasteiger partial charge in [-0.25, -0.2) is 9.97 Å². The molecule has 1 fully saturated rings. The highest BCUT2D eigenvalue weighted by atomic mass is 16.5. The van der Waals surface area contributed by atoms with Crippen LogP contribution in [-0.2, 0) is 0 Å². The summed E-state index contributed by atoms with van der Waals surface area (Å²) < 4.78 is 11.7. The maximum atomic E-state index is 12.8. The quantitative estimate of drug-likeness (QED) is 0.661. The number of aromatic nitrogens is 2. The molecule has 0 unspecified atom stereocenters. The van der Waals surface area contributed by atoms with Crippen LogP contribution in [0.3, 0.4) is 0 Å². The van der Waals surface area contributed by atoms with Crippen LogP contribution in [0.2, 0.25) is 0 Å². The van der Waals surface area contributed by atoms with Gasteiger partial charge >= 0.3 is 0 Å². The average Bonchev–Trinajstić information content (AvgIpc) is 2.73. The molecule has 6 nitrogen and oxygen atoms in total. The molecule has 5 rings (SSSR count). The number of benzene rings is 2. The molecule has 1 aromatic heterocycles. The van der Waals surface area contributed by atoms with E-state index in [1.165, 1.54) is 0 Å². The van der Waals surface area contributed by atoms with Gasteiger partial charge in [0.05, 0.1) is 35.8 Å². The van der Waals surface area contributed by atoms with Crippen molar-refractivity contribution in [2.75, 3.05) is 25.1 Å². The van der Waals surface area contributed by atoms with Crippen molar-refractivity contribution in [2.45, 2.75) is 31.8 Å². The minimum atomic E-state index is -0.453. The van der Waals surface area contributed by atoms with Gasteiger partial charge in [0, 0.05) is 32.0 Å². The van der Waals surface area contributed by atoms with Crippen molar-refractivity contribution in [1.82, 2.24) is 9.97 Å². The monoisotopic (exact) mass is 389 g/mol. The Morgan fingerprint density at radius 2 is 1.79 bits per heavy atom. The normalized spacial score (nSPS) is 17.9. The number of carbonyl (C=O) groups is 1. The Hall–Kier alpha value is -3.15. The molecule has 3 heterocycles. The number of aryl methyl sites for hydroxylation is 1. The van der Waals surface area contributed by atoms with Gasteiger partial charge in [-0.05, 0) is 31.2 Å². The van der Waals surface area contributed by atoms with Crippen LogP contribution in [0.1, 0.15) is 35.3 Å². The molecular formula is C23H23N3O3. The van der Waals surface area contributed by atoms with E-state index in [1.807, 2.05) is 43.3 Å². The maximum Gasteiger partial charge on any atom is 0.170 e. The predicted octanol–water partition coefficient (Wildman–Crippen LogP) is 3.95. The van der Waals surface area contributed by atoms with E-state index in [0.29, 0.717) is 23.5 Å². The van der Waals surface area contributed by atoms with Crippen LogP contribution < -0.4 is 14.4 Å². The second kappa shape index (κ2) is 6.72. The molecule has 3 aromatic rings. The zero-order chi connectivity index (χ0) is 20.0. The summed E-state index contributed by atoms with van der Waals surface area (Å²) in [5.74, 6) is 2.40. The highest BCUT2D eigenvalue weighted by Gasteiger charge is 2.43. The van der Waals surface area contributed by atoms with E-state index in [0.717, 1.165) is 48.5 Å². The van der Waals surface area contributed by atoms with E-state index >= 15 is 0 Å². The third kappa shape index (κ3) is 3.09. The van der Waals surface area contributed by atoms with Crippen molar-refractivity contribution in [3.8, 4) is 11.5 Å². The standard InChI is InChI=1S/C23H23N3O3/c1-15-22(25-19-6-4-3-5-18(19)24-15)26-11-9-23(10-12-26)14-20(27)17-8-7-16(28-2)13-21(17)29-23/h3-8,13H,9-12,14H2,1-2H3. The molecule has 29 heavy (non-hydrogen) atoms. The van der Waals surface area contributed by atoms with Gasteiger partial charge in [-0.15, -0.1) is 0 Å². The number of piperidine rings is 1. The van der Waals surface area contributed by atoms with E-state index < -0.39 is 5.60 Å². The fourth-order valence-electron chi connectivity index (χ4n) is 4.38. The van der Waals surface area contributed by atoms with E-state index in [4.69, 9.17) is 19.4 Å². The SMILES string of the molecule is COc1ccc2c(c1)OC1(CCN(c3nc4ccccc4nc3C)CC1)CC2=O. The van der Waals surface area contributed by atoms with Gasteiger partial charge in [-0.2, -0.15) is 0 Å². The van der Waals surface area contributed by atoms with Gasteiger partial charge in [-0.1, -0.05) is 12.1 Å². The number of Topliss-reactive ketones (excluding diaryl/α,β-unsaturated/α-hetero) is 1. The molecule has 0 bridgehead atoms. The molecule has 2 aliphatic rings. The summed E-state index contributed by atoms with van der Waals surface area (Å²) in [7, 11) is 1.62. The highest BCUT2D eigenvalue weighted by Crippen LogP contribution is 2.41. The number of ether oxygens (including phenoxy) is 2. The van der Waals surface area contributed by atoms with Crippen LogP contribution in [-0.4, -0.2) is 41.6 Å². The smallest absolute Gasteiger partial charge is 0.170 e. The number of rotatable bonds is 2. The maximum absolute atomic E-state index is 12.8. The van der Waals surface area contributed by atoms with Crippen molar-refractivity contribution in [2.24, 2.45) is 0 Å². The summed E-state index contributed by atoms with van der Waals surface area (Å²) >= 11 is 0. The first-order valence-electron chi connectivity index (χ1n) is 9.95. The van der Waals surface area contributed by atoms with Gasteiger partial charge < -0.3 is 14.4 Å². The number of nitrogens with zero attached hydrogens (tertiary/aromatic N) is 3. The van der Waals surface area contributed by atoms with Gasteiger partial charge in [0.15, 0.2) is 11.6 Å². The van der Waals surface area contributed by atoms with Crippen LogP contribution in [0.4, 0.5) is 5.82 Å². The number of methoxy groups -OCH3 is 1. The Labute approximate surface area is 169 Å². The Morgan fingerprint density at radius 3 is 2.52 bits per heavy atom. The molecule has 148 valence electrons. The second-order valence-electron chi connectivity index (χ2n) is 7.86. The largest absolute Gasteiger partial charge is 0.497 e. The summed E-state index contributed by atoms with van der Waals surface area (Å²) in [6, 6.07) is 13.4. The van der Waals surface area contributed by atoms with E-state index in [2.05, 4.69) is 4.90 Å². The first-order valence-corrected chi connectivity index (χ1v) is 9.95. The number of anilines is 1. The van der Waals surface area contributed by atoms with Crippen LogP contribution >= 0.6 is 0 Å². The Balaban J connectivity index is 1.39. The molecule has 1 saturated heterocycles. The third-order valence-corrected chi connectivity index (χ3v) is 5.99. The topological polar surface area (TPSA) is 64.6 Å². The molecule has 0 amide bonds. The lowest BCUT2D eigenvalue weighted by Gasteiger charge is -2.44. The summed E-state index contributed by atoms with van der Waals surface area (Å²) in [4.78, 5) is 24.6. The van der Waals surface area contributed by atoms with Gasteiger partial charge in [0.25, 0.3) is 0 Å². The average molecular weight is 389 g/mol. The van der Waals surface area contributed by atoms with Crippen LogP contribution in [0.5, 0.6) is 11.5 Å². The minimum Gasteiger partial charge on any atom is -0.497 e. The molecule has 0 saturated carbocycles. The number of carbonyl (C=O) groups excluding carboxylic acids is 1. The summed E-state index contributed by atoms with van der Waals surface area (Å²) in [5, 5.41) is 0. The number of fused-ring (bicyclic) bond motifs is 2. The Bertz CT molecular complexity index is 1100. The molecule has 6 heteroatoms. The zero-order valence-corrected chi connectivity index (χ0v) is 16.6. The van der Waals surface area contributed by atoms with E-state index in [-0.39, 0.29) is 5.78 Å². The lowest BCUT2D eigenvalue weighted by atomic mass is 9.82. The van der Waals surface area contributed by atoms with Crippen LogP contribution in [0.25, 0.3) is 11.0 Å². The summed E-state index contributed by atoms with van der Waals surface area (Å²) in [6.45, 7) is 3.56. The fourth-order valence-corrected chi connectivity index (χ4v) is 4.38. The molecule has 1 spiro atoms. The highest BCUT2D eigenvalue weighted by molar-refractivity contribution is 6.00. The van der Waals surface area contributed by atoms with Crippen molar-refractivity contribution in [1.29, 1.82) is 0 Å². The Kier molecular flexibility index (Phi) is 4.15. The number of ketones is 1. The summed E-state index contributed by atoms with van der Waals surface area (Å²) in [5.41, 5.74) is 2.93. The van der Waals surface area contributed by atoms with Crippen LogP contribution in [0.15, 0.2) is 42.5 Å². The summed E-state index contributed by atoms with van der Waals surface area (Å²) in [6.07, 6.45) is 1.95. The van der Waals surface area contributed by atoms with Gasteiger partial charge in [0.1, 0.15) is 17.1 Å². The zero-order valence-electron chi connectivity index (χ0n) is 16.6. The van der Waals surface area contributed by atoms with E-state index in [1.54, 1.807) is 13.2 Å². The number of para-hydroxylation sites is 2. The predicted molar refractivity (Wildman–Crippen MR) is 111 cm³/mol. The van der Waals surface area contributed by atoms with E-state index in [9.17, 15) is 4.79 Å². The third-order valence-electron chi connectivity index (χ3n) is 5.99. The second-order valence-corrected chi connectivity index (χ2v) is 7.86. The molecule has 2 aliphatic heterocycles. The number of hydrogen-bond donors (Lipinski definition) is 0. The molecule has 2 aromatic carbocycles. The van der Waals surface area contributed by atoms with Gasteiger partial charge in [-0.3, -0.25) is 4.79 Å². The first-order chi connectivity index (χ1) is 14.1. The molecular weight excluding hydrogens is 366 g/mol. The van der Waals surface area contributed by atoms with Gasteiger partial charge in [0.2, 0.25) is 0 Å². The first kappa shape index (κ1) is 17.9. The molecule has 0 atom stereocenters. The molecule has 0 aliphatic carbocycles. The minimum absolute atomic E-state index is 0.143.